The number of hydrogen-bond acceptors (Lipinski definition) is 4. The van der Waals surface area contributed by atoms with Crippen LogP contribution >= 0.6 is 0 Å². The van der Waals surface area contributed by atoms with Crippen molar-refractivity contribution in [1.82, 2.24) is 5.32 Å². The molecule has 0 aromatic carbocycles. The number of aliphatic hydroxyl groups excluding tert-OH is 1. The predicted molar refractivity (Wildman–Crippen MR) is 58.1 cm³/mol. The van der Waals surface area contributed by atoms with Gasteiger partial charge in [-0.1, -0.05) is 20.3 Å². The minimum atomic E-state index is -2.87. The molecule has 0 rings (SSSR count). The van der Waals surface area contributed by atoms with Crippen molar-refractivity contribution in [2.75, 3.05) is 24.6 Å². The highest BCUT2D eigenvalue weighted by molar-refractivity contribution is 7.91. The van der Waals surface area contributed by atoms with Crippen molar-refractivity contribution in [2.45, 2.75) is 32.8 Å². The van der Waals surface area contributed by atoms with E-state index in [0.29, 0.717) is 13.1 Å². The second kappa shape index (κ2) is 7.20. The summed E-state index contributed by atoms with van der Waals surface area (Å²) in [5, 5.41) is 12.3. The Morgan fingerprint density at radius 1 is 1.36 bits per heavy atom. The quantitative estimate of drug-likeness (QED) is 0.576. The van der Waals surface area contributed by atoms with Crippen LogP contribution in [0.15, 0.2) is 0 Å². The zero-order valence-electron chi connectivity index (χ0n) is 8.99. The van der Waals surface area contributed by atoms with E-state index in [1.165, 1.54) is 0 Å². The lowest BCUT2D eigenvalue weighted by atomic mass is 10.2. The molecule has 2 N–H and O–H groups in total. The van der Waals surface area contributed by atoms with Crippen molar-refractivity contribution in [3.63, 3.8) is 0 Å². The summed E-state index contributed by atoms with van der Waals surface area (Å²) < 4.78 is 22.1. The minimum Gasteiger partial charge on any atom is -0.392 e. The summed E-state index contributed by atoms with van der Waals surface area (Å²) in [4.78, 5) is 0. The van der Waals surface area contributed by atoms with Crippen LogP contribution in [0.3, 0.4) is 0 Å². The molecule has 1 unspecified atom stereocenters. The Hall–Kier alpha value is -0.130. The molecule has 0 aromatic rings. The van der Waals surface area contributed by atoms with Gasteiger partial charge in [-0.05, 0) is 6.42 Å². The van der Waals surface area contributed by atoms with Gasteiger partial charge in [-0.3, -0.25) is 0 Å². The molecule has 0 aliphatic rings. The highest BCUT2D eigenvalue weighted by Gasteiger charge is 2.07. The first-order valence-corrected chi connectivity index (χ1v) is 6.93. The molecule has 14 heavy (non-hydrogen) atoms. The zero-order chi connectivity index (χ0) is 11.0. The summed E-state index contributed by atoms with van der Waals surface area (Å²) in [6.07, 6.45) is 1.34. The Morgan fingerprint density at radius 3 is 2.50 bits per heavy atom. The Bertz CT molecular complexity index is 226. The van der Waals surface area contributed by atoms with Crippen LogP contribution in [-0.4, -0.2) is 44.2 Å². The van der Waals surface area contributed by atoms with E-state index in [1.807, 2.05) is 6.92 Å². The molecule has 1 atom stereocenters. The molecule has 0 fully saturated rings. The third kappa shape index (κ3) is 7.29. The van der Waals surface area contributed by atoms with E-state index in [0.717, 1.165) is 12.8 Å². The molecule has 0 radical (unpaired) electrons. The third-order valence-electron chi connectivity index (χ3n) is 2.03. The Labute approximate surface area is 86.6 Å². The van der Waals surface area contributed by atoms with E-state index in [2.05, 4.69) is 5.32 Å². The van der Waals surface area contributed by atoms with Crippen molar-refractivity contribution in [3.8, 4) is 0 Å². The molecule has 4 nitrogen and oxygen atoms in total. The topological polar surface area (TPSA) is 66.4 Å². The second-order valence-corrected chi connectivity index (χ2v) is 5.86. The first-order chi connectivity index (χ1) is 6.52. The predicted octanol–water partition coefficient (Wildman–Crippen LogP) is 0.172. The first-order valence-electron chi connectivity index (χ1n) is 5.11. The van der Waals surface area contributed by atoms with Crippen LogP contribution in [0.5, 0.6) is 0 Å². The van der Waals surface area contributed by atoms with E-state index < -0.39 is 9.84 Å². The Balaban J connectivity index is 3.47. The Kier molecular flexibility index (Phi) is 7.13. The van der Waals surface area contributed by atoms with Gasteiger partial charge in [0.25, 0.3) is 0 Å². The Morgan fingerprint density at radius 2 is 2.00 bits per heavy atom. The van der Waals surface area contributed by atoms with Gasteiger partial charge in [-0.2, -0.15) is 0 Å². The molecular weight excluding hydrogens is 202 g/mol. The van der Waals surface area contributed by atoms with Crippen LogP contribution in [0.4, 0.5) is 0 Å². The lowest BCUT2D eigenvalue weighted by Crippen LogP contribution is -2.31. The van der Waals surface area contributed by atoms with E-state index in [1.54, 1.807) is 6.92 Å². The monoisotopic (exact) mass is 223 g/mol. The van der Waals surface area contributed by atoms with Gasteiger partial charge < -0.3 is 10.4 Å². The number of aliphatic hydroxyl groups is 1. The molecule has 0 amide bonds. The maximum Gasteiger partial charge on any atom is 0.151 e. The molecule has 0 spiro atoms. The molecule has 0 saturated heterocycles. The number of sulfone groups is 1. The summed E-state index contributed by atoms with van der Waals surface area (Å²) in [6, 6.07) is 0. The van der Waals surface area contributed by atoms with Gasteiger partial charge in [0.05, 0.1) is 11.9 Å². The van der Waals surface area contributed by atoms with E-state index in [-0.39, 0.29) is 17.6 Å². The van der Waals surface area contributed by atoms with Gasteiger partial charge in [0.1, 0.15) is 0 Å². The van der Waals surface area contributed by atoms with Gasteiger partial charge in [0.2, 0.25) is 0 Å². The lowest BCUT2D eigenvalue weighted by molar-refractivity contribution is 0.161. The van der Waals surface area contributed by atoms with Gasteiger partial charge in [-0.25, -0.2) is 8.42 Å². The maximum atomic E-state index is 11.1. The van der Waals surface area contributed by atoms with Crippen LogP contribution in [0.1, 0.15) is 26.7 Å². The standard InChI is InChI=1S/C9H21NO3S/c1-3-5-9(11)8-10-6-7-14(12,13)4-2/h9-11H,3-8H2,1-2H3. The first kappa shape index (κ1) is 13.9. The van der Waals surface area contributed by atoms with E-state index in [4.69, 9.17) is 0 Å². The maximum absolute atomic E-state index is 11.1. The summed E-state index contributed by atoms with van der Waals surface area (Å²) in [7, 11) is -2.87. The third-order valence-corrected chi connectivity index (χ3v) is 3.74. The molecule has 0 bridgehead atoms. The van der Waals surface area contributed by atoms with Crippen LogP contribution in [0.2, 0.25) is 0 Å². The van der Waals surface area contributed by atoms with E-state index in [9.17, 15) is 13.5 Å². The largest absolute Gasteiger partial charge is 0.392 e. The minimum absolute atomic E-state index is 0.155. The molecule has 0 heterocycles. The molecule has 86 valence electrons. The molecule has 0 aliphatic carbocycles. The SMILES string of the molecule is CCCC(O)CNCCS(=O)(=O)CC. The van der Waals surface area contributed by atoms with Crippen molar-refractivity contribution in [2.24, 2.45) is 0 Å². The van der Waals surface area contributed by atoms with Crippen molar-refractivity contribution >= 4 is 9.84 Å². The molecule has 5 heteroatoms. The molecule has 0 saturated carbocycles. The summed E-state index contributed by atoms with van der Waals surface area (Å²) in [5.74, 6) is 0.342. The van der Waals surface area contributed by atoms with Crippen molar-refractivity contribution in [1.29, 1.82) is 0 Å². The highest BCUT2D eigenvalue weighted by Crippen LogP contribution is 1.93. The van der Waals surface area contributed by atoms with Gasteiger partial charge in [0, 0.05) is 18.8 Å². The number of hydrogen-bond donors (Lipinski definition) is 2. The van der Waals surface area contributed by atoms with Gasteiger partial charge in [0.15, 0.2) is 9.84 Å². The van der Waals surface area contributed by atoms with Crippen molar-refractivity contribution < 1.29 is 13.5 Å². The number of nitrogens with one attached hydrogen (secondary N) is 1. The normalized spacial score (nSPS) is 14.2. The summed E-state index contributed by atoms with van der Waals surface area (Å²) in [6.45, 7) is 4.55. The highest BCUT2D eigenvalue weighted by atomic mass is 32.2. The fraction of sp³-hybridized carbons (Fsp3) is 1.00. The summed E-state index contributed by atoms with van der Waals surface area (Å²) >= 11 is 0. The van der Waals surface area contributed by atoms with Crippen molar-refractivity contribution in [3.05, 3.63) is 0 Å². The van der Waals surface area contributed by atoms with Crippen LogP contribution in [0.25, 0.3) is 0 Å². The van der Waals surface area contributed by atoms with Gasteiger partial charge in [-0.15, -0.1) is 0 Å². The lowest BCUT2D eigenvalue weighted by Gasteiger charge is -2.10. The fourth-order valence-electron chi connectivity index (χ4n) is 1.08. The molecular formula is C9H21NO3S. The number of rotatable bonds is 8. The second-order valence-electron chi connectivity index (χ2n) is 3.38. The average Bonchev–Trinajstić information content (AvgIpc) is 2.13. The summed E-state index contributed by atoms with van der Waals surface area (Å²) in [5.41, 5.74) is 0. The smallest absolute Gasteiger partial charge is 0.151 e. The van der Waals surface area contributed by atoms with Crippen LogP contribution in [0, 0.1) is 0 Å². The fourth-order valence-corrected chi connectivity index (χ4v) is 1.82. The van der Waals surface area contributed by atoms with Crippen LogP contribution < -0.4 is 5.32 Å². The average molecular weight is 223 g/mol. The van der Waals surface area contributed by atoms with Crippen LogP contribution in [-0.2, 0) is 9.84 Å². The van der Waals surface area contributed by atoms with Gasteiger partial charge >= 0.3 is 0 Å². The molecule has 0 aromatic heterocycles. The molecule has 0 aliphatic heterocycles. The zero-order valence-corrected chi connectivity index (χ0v) is 9.81. The van der Waals surface area contributed by atoms with E-state index >= 15 is 0 Å².